The molecule has 2 heterocycles. The van der Waals surface area contributed by atoms with Crippen LogP contribution in [0.25, 0.3) is 22.2 Å². The van der Waals surface area contributed by atoms with Crippen molar-refractivity contribution in [2.45, 2.75) is 13.5 Å². The molecule has 0 fully saturated rings. The van der Waals surface area contributed by atoms with Gasteiger partial charge >= 0.3 is 0 Å². The van der Waals surface area contributed by atoms with E-state index < -0.39 is 0 Å². The van der Waals surface area contributed by atoms with Crippen LogP contribution in [0, 0.1) is 0 Å². The van der Waals surface area contributed by atoms with Gasteiger partial charge in [0.1, 0.15) is 10.7 Å². The van der Waals surface area contributed by atoms with E-state index in [4.69, 9.17) is 5.73 Å². The Morgan fingerprint density at radius 3 is 2.94 bits per heavy atom. The highest BCUT2D eigenvalue weighted by Gasteiger charge is 2.11. The third-order valence-electron chi connectivity index (χ3n) is 2.81. The summed E-state index contributed by atoms with van der Waals surface area (Å²) in [5.41, 5.74) is 8.75. The smallest absolute Gasteiger partial charge is 0.121 e. The van der Waals surface area contributed by atoms with Crippen LogP contribution >= 0.6 is 27.5 Å². The van der Waals surface area contributed by atoms with Gasteiger partial charge in [0.15, 0.2) is 0 Å². The minimum Gasteiger partial charge on any atom is -0.388 e. The minimum absolute atomic E-state index is 0.703. The standard InChI is InChI=1S/C12H11BrN4S/c1-2-17-6-8-5-7(3-4-9(8)15-17)11-10(13)12(14)18-16-11/h3-6H,2,14H2,1H3. The van der Waals surface area contributed by atoms with Gasteiger partial charge in [-0.2, -0.15) is 9.47 Å². The van der Waals surface area contributed by atoms with Crippen molar-refractivity contribution < 1.29 is 0 Å². The van der Waals surface area contributed by atoms with Crippen LogP contribution in [0.15, 0.2) is 28.9 Å². The normalized spacial score (nSPS) is 11.2. The number of hydrogen-bond donors (Lipinski definition) is 1. The minimum atomic E-state index is 0.703. The van der Waals surface area contributed by atoms with E-state index in [9.17, 15) is 0 Å². The van der Waals surface area contributed by atoms with Gasteiger partial charge in [0, 0.05) is 23.7 Å². The van der Waals surface area contributed by atoms with Gasteiger partial charge in [-0.05, 0) is 46.5 Å². The van der Waals surface area contributed by atoms with Crippen molar-refractivity contribution in [1.29, 1.82) is 0 Å². The monoisotopic (exact) mass is 322 g/mol. The topological polar surface area (TPSA) is 56.7 Å². The summed E-state index contributed by atoms with van der Waals surface area (Å²) in [6.07, 6.45) is 2.04. The Kier molecular flexibility index (Phi) is 2.83. The van der Waals surface area contributed by atoms with E-state index in [2.05, 4.69) is 38.4 Å². The van der Waals surface area contributed by atoms with Crippen molar-refractivity contribution in [3.8, 4) is 11.3 Å². The maximum Gasteiger partial charge on any atom is 0.121 e. The number of rotatable bonds is 2. The maximum atomic E-state index is 5.81. The molecule has 0 spiro atoms. The molecule has 0 atom stereocenters. The molecule has 0 saturated carbocycles. The highest BCUT2D eigenvalue weighted by atomic mass is 79.9. The van der Waals surface area contributed by atoms with Crippen molar-refractivity contribution >= 4 is 43.4 Å². The van der Waals surface area contributed by atoms with E-state index in [-0.39, 0.29) is 0 Å². The summed E-state index contributed by atoms with van der Waals surface area (Å²) in [4.78, 5) is 0. The zero-order chi connectivity index (χ0) is 12.7. The summed E-state index contributed by atoms with van der Waals surface area (Å²) >= 11 is 4.77. The first-order chi connectivity index (χ1) is 8.69. The fourth-order valence-electron chi connectivity index (χ4n) is 1.86. The van der Waals surface area contributed by atoms with E-state index in [0.717, 1.165) is 33.2 Å². The number of nitrogens with zero attached hydrogens (tertiary/aromatic N) is 3. The molecule has 18 heavy (non-hydrogen) atoms. The number of anilines is 1. The van der Waals surface area contributed by atoms with Crippen molar-refractivity contribution in [1.82, 2.24) is 14.2 Å². The fourth-order valence-corrected chi connectivity index (χ4v) is 3.07. The molecule has 0 saturated heterocycles. The zero-order valence-corrected chi connectivity index (χ0v) is 12.1. The lowest BCUT2D eigenvalue weighted by atomic mass is 10.1. The largest absolute Gasteiger partial charge is 0.388 e. The number of nitrogen functional groups attached to an aromatic ring is 1. The molecule has 6 heteroatoms. The summed E-state index contributed by atoms with van der Waals surface area (Å²) < 4.78 is 7.16. The van der Waals surface area contributed by atoms with Crippen LogP contribution in [0.1, 0.15) is 6.92 Å². The fraction of sp³-hybridized carbons (Fsp3) is 0.167. The molecule has 0 aliphatic carbocycles. The second kappa shape index (κ2) is 4.37. The maximum absolute atomic E-state index is 5.81. The number of hydrogen-bond acceptors (Lipinski definition) is 4. The predicted octanol–water partition coefficient (Wildman–Crippen LogP) is 3.52. The SMILES string of the molecule is CCn1cc2cc(-c3nsc(N)c3Br)ccc2n1. The number of aromatic nitrogens is 3. The molecule has 0 amide bonds. The van der Waals surface area contributed by atoms with Crippen molar-refractivity contribution in [2.24, 2.45) is 0 Å². The number of fused-ring (bicyclic) bond motifs is 1. The Balaban J connectivity index is 2.15. The molecule has 0 unspecified atom stereocenters. The van der Waals surface area contributed by atoms with Gasteiger partial charge in [0.05, 0.1) is 9.99 Å². The summed E-state index contributed by atoms with van der Waals surface area (Å²) in [6, 6.07) is 6.13. The molecule has 0 radical (unpaired) electrons. The Morgan fingerprint density at radius 2 is 2.28 bits per heavy atom. The Labute approximate surface area is 117 Å². The average Bonchev–Trinajstić information content (AvgIpc) is 2.93. The molecule has 2 N–H and O–H groups in total. The molecule has 0 aliphatic rings. The average molecular weight is 323 g/mol. The first-order valence-corrected chi connectivity index (χ1v) is 7.14. The summed E-state index contributed by atoms with van der Waals surface area (Å²) in [7, 11) is 0. The molecule has 3 rings (SSSR count). The van der Waals surface area contributed by atoms with E-state index in [1.54, 1.807) is 0 Å². The van der Waals surface area contributed by atoms with Gasteiger partial charge in [-0.25, -0.2) is 0 Å². The van der Waals surface area contributed by atoms with Crippen LogP contribution in [-0.2, 0) is 6.54 Å². The highest BCUT2D eigenvalue weighted by Crippen LogP contribution is 2.35. The van der Waals surface area contributed by atoms with Gasteiger partial charge < -0.3 is 5.73 Å². The molecular formula is C12H11BrN4S. The lowest BCUT2D eigenvalue weighted by Crippen LogP contribution is -1.92. The molecule has 3 aromatic rings. The van der Waals surface area contributed by atoms with E-state index >= 15 is 0 Å². The van der Waals surface area contributed by atoms with E-state index in [0.29, 0.717) is 5.00 Å². The van der Waals surface area contributed by atoms with Gasteiger partial charge in [-0.3, -0.25) is 4.68 Å². The second-order valence-electron chi connectivity index (χ2n) is 3.97. The molecule has 1 aromatic carbocycles. The van der Waals surface area contributed by atoms with Crippen molar-refractivity contribution in [2.75, 3.05) is 5.73 Å². The van der Waals surface area contributed by atoms with Gasteiger partial charge in [0.25, 0.3) is 0 Å². The molecule has 92 valence electrons. The Bertz CT molecular complexity index is 716. The highest BCUT2D eigenvalue weighted by molar-refractivity contribution is 9.10. The molecular weight excluding hydrogens is 312 g/mol. The number of benzene rings is 1. The molecule has 4 nitrogen and oxygen atoms in total. The van der Waals surface area contributed by atoms with Crippen LogP contribution < -0.4 is 5.73 Å². The predicted molar refractivity (Wildman–Crippen MR) is 78.6 cm³/mol. The van der Waals surface area contributed by atoms with Crippen LogP contribution in [0.3, 0.4) is 0 Å². The van der Waals surface area contributed by atoms with E-state index in [1.165, 1.54) is 11.5 Å². The van der Waals surface area contributed by atoms with Crippen molar-refractivity contribution in [3.05, 3.63) is 28.9 Å². The van der Waals surface area contributed by atoms with Crippen LogP contribution in [0.2, 0.25) is 0 Å². The summed E-state index contributed by atoms with van der Waals surface area (Å²) in [5, 5.41) is 6.28. The first-order valence-electron chi connectivity index (χ1n) is 5.57. The molecule has 0 bridgehead atoms. The Hall–Kier alpha value is -1.40. The number of halogens is 1. The van der Waals surface area contributed by atoms with Gasteiger partial charge in [-0.1, -0.05) is 6.07 Å². The summed E-state index contributed by atoms with van der Waals surface area (Å²) in [5.74, 6) is 0. The Morgan fingerprint density at radius 1 is 1.44 bits per heavy atom. The second-order valence-corrected chi connectivity index (χ2v) is 5.57. The molecule has 0 aliphatic heterocycles. The third kappa shape index (κ3) is 1.81. The van der Waals surface area contributed by atoms with Crippen LogP contribution in [-0.4, -0.2) is 14.2 Å². The van der Waals surface area contributed by atoms with Gasteiger partial charge in [-0.15, -0.1) is 0 Å². The summed E-state index contributed by atoms with van der Waals surface area (Å²) in [6.45, 7) is 2.95. The third-order valence-corrected chi connectivity index (χ3v) is 4.55. The van der Waals surface area contributed by atoms with E-state index in [1.807, 2.05) is 23.0 Å². The van der Waals surface area contributed by atoms with Crippen molar-refractivity contribution in [3.63, 3.8) is 0 Å². The lowest BCUT2D eigenvalue weighted by Gasteiger charge is -1.97. The number of aryl methyl sites for hydroxylation is 1. The zero-order valence-electron chi connectivity index (χ0n) is 9.72. The lowest BCUT2D eigenvalue weighted by molar-refractivity contribution is 0.668. The quantitative estimate of drug-likeness (QED) is 0.785. The number of nitrogens with two attached hydrogens (primary N) is 1. The van der Waals surface area contributed by atoms with Gasteiger partial charge in [0.2, 0.25) is 0 Å². The molecule has 2 aromatic heterocycles. The van der Waals surface area contributed by atoms with Crippen LogP contribution in [0.5, 0.6) is 0 Å². The first kappa shape index (κ1) is 11.7. The van der Waals surface area contributed by atoms with Crippen LogP contribution in [0.4, 0.5) is 5.00 Å².